The predicted molar refractivity (Wildman–Crippen MR) is 106 cm³/mol. The van der Waals surface area contributed by atoms with E-state index in [-0.39, 0.29) is 40.0 Å². The normalized spacial score (nSPS) is 22.6. The third-order valence-corrected chi connectivity index (χ3v) is 7.59. The van der Waals surface area contributed by atoms with E-state index in [0.717, 1.165) is 4.31 Å². The molecule has 0 amide bonds. The number of aliphatic hydroxyl groups is 2. The number of nitriles is 1. The molecule has 1 saturated heterocycles. The number of hydrogen-bond donors (Lipinski definition) is 2. The van der Waals surface area contributed by atoms with Gasteiger partial charge < -0.3 is 10.2 Å². The summed E-state index contributed by atoms with van der Waals surface area (Å²) in [6, 6.07) is 9.73. The van der Waals surface area contributed by atoms with E-state index in [1.165, 1.54) is 36.4 Å². The summed E-state index contributed by atoms with van der Waals surface area (Å²) >= 11 is 11.9. The molecule has 6 nitrogen and oxygen atoms in total. The molecule has 3 rings (SSSR count). The highest BCUT2D eigenvalue weighted by atomic mass is 35.5. The summed E-state index contributed by atoms with van der Waals surface area (Å²) in [6.45, 7) is -1.11. The molecule has 10 heteroatoms. The van der Waals surface area contributed by atoms with Gasteiger partial charge in [0.15, 0.2) is 0 Å². The van der Waals surface area contributed by atoms with Crippen LogP contribution in [-0.2, 0) is 16.4 Å². The predicted octanol–water partition coefficient (Wildman–Crippen LogP) is 2.59. The van der Waals surface area contributed by atoms with Crippen molar-refractivity contribution in [2.45, 2.75) is 16.9 Å². The zero-order valence-corrected chi connectivity index (χ0v) is 17.3. The summed E-state index contributed by atoms with van der Waals surface area (Å²) in [6.07, 6.45) is 0.111. The highest BCUT2D eigenvalue weighted by molar-refractivity contribution is 7.89. The van der Waals surface area contributed by atoms with Crippen molar-refractivity contribution in [1.82, 2.24) is 4.31 Å². The smallest absolute Gasteiger partial charge is 0.244 e. The minimum atomic E-state index is -4.06. The summed E-state index contributed by atoms with van der Waals surface area (Å²) in [5, 5.41) is 29.6. The van der Waals surface area contributed by atoms with Crippen LogP contribution < -0.4 is 0 Å². The third-order valence-electron chi connectivity index (χ3n) is 5.06. The minimum Gasteiger partial charge on any atom is -0.393 e. The molecule has 2 atom stereocenters. The van der Waals surface area contributed by atoms with Crippen molar-refractivity contribution in [2.24, 2.45) is 5.92 Å². The maximum Gasteiger partial charge on any atom is 0.244 e. The Kier molecular flexibility index (Phi) is 6.20. The van der Waals surface area contributed by atoms with E-state index in [4.69, 9.17) is 28.5 Å². The Morgan fingerprint density at radius 2 is 2.00 bits per heavy atom. The van der Waals surface area contributed by atoms with Gasteiger partial charge in [-0.15, -0.1) is 0 Å². The van der Waals surface area contributed by atoms with Crippen LogP contribution in [0.1, 0.15) is 11.1 Å². The molecule has 0 spiro atoms. The van der Waals surface area contributed by atoms with Crippen LogP contribution in [0.25, 0.3) is 0 Å². The number of sulfonamides is 1. The van der Waals surface area contributed by atoms with Crippen LogP contribution in [0.4, 0.5) is 4.39 Å². The lowest BCUT2D eigenvalue weighted by molar-refractivity contribution is -0.0340. The maximum atomic E-state index is 13.9. The second-order valence-corrected chi connectivity index (χ2v) is 9.71. The number of rotatable bonds is 5. The van der Waals surface area contributed by atoms with Gasteiger partial charge in [0.1, 0.15) is 22.4 Å². The van der Waals surface area contributed by atoms with Gasteiger partial charge in [-0.1, -0.05) is 29.3 Å². The van der Waals surface area contributed by atoms with Crippen molar-refractivity contribution in [3.8, 4) is 6.07 Å². The van der Waals surface area contributed by atoms with Gasteiger partial charge in [0.2, 0.25) is 10.0 Å². The highest BCUT2D eigenvalue weighted by Gasteiger charge is 2.49. The van der Waals surface area contributed by atoms with Gasteiger partial charge in [0.05, 0.1) is 17.2 Å². The molecule has 0 radical (unpaired) electrons. The quantitative estimate of drug-likeness (QED) is 0.716. The number of benzene rings is 2. The first-order valence-corrected chi connectivity index (χ1v) is 10.8. The molecule has 0 bridgehead atoms. The average Bonchev–Trinajstić information content (AvgIpc) is 2.99. The lowest BCUT2D eigenvalue weighted by Crippen LogP contribution is -2.43. The van der Waals surface area contributed by atoms with Gasteiger partial charge in [0.25, 0.3) is 0 Å². The summed E-state index contributed by atoms with van der Waals surface area (Å²) in [5.41, 5.74) is -1.35. The number of halogens is 3. The molecule has 0 unspecified atom stereocenters. The Morgan fingerprint density at radius 3 is 2.59 bits per heavy atom. The van der Waals surface area contributed by atoms with Crippen LogP contribution in [0.3, 0.4) is 0 Å². The third kappa shape index (κ3) is 4.26. The van der Waals surface area contributed by atoms with Gasteiger partial charge in [-0.2, -0.15) is 9.57 Å². The first-order chi connectivity index (χ1) is 13.6. The van der Waals surface area contributed by atoms with E-state index in [1.54, 1.807) is 6.07 Å². The Balaban J connectivity index is 1.89. The van der Waals surface area contributed by atoms with Crippen molar-refractivity contribution in [3.63, 3.8) is 0 Å². The molecule has 0 aliphatic carbocycles. The van der Waals surface area contributed by atoms with Gasteiger partial charge in [-0.3, -0.25) is 0 Å². The minimum absolute atomic E-state index is 0.0531. The number of aliphatic hydroxyl groups excluding tert-OH is 1. The zero-order valence-electron chi connectivity index (χ0n) is 15.0. The van der Waals surface area contributed by atoms with E-state index in [1.807, 2.05) is 0 Å². The summed E-state index contributed by atoms with van der Waals surface area (Å²) < 4.78 is 41.0. The van der Waals surface area contributed by atoms with Gasteiger partial charge in [-0.25, -0.2) is 12.8 Å². The average molecular weight is 459 g/mol. The zero-order chi connectivity index (χ0) is 21.4. The monoisotopic (exact) mass is 458 g/mol. The van der Waals surface area contributed by atoms with Crippen molar-refractivity contribution in [1.29, 1.82) is 5.26 Å². The molecular weight excluding hydrogens is 442 g/mol. The molecule has 1 aliphatic rings. The Hall–Kier alpha value is -1.73. The number of β-amino-alcohol motifs (C(OH)–C–C–N with tert-alkyl or cyclic N) is 1. The van der Waals surface area contributed by atoms with E-state index >= 15 is 0 Å². The van der Waals surface area contributed by atoms with Crippen LogP contribution >= 0.6 is 23.2 Å². The van der Waals surface area contributed by atoms with Crippen LogP contribution in [0.5, 0.6) is 0 Å². The summed E-state index contributed by atoms with van der Waals surface area (Å²) in [5.74, 6) is -1.39. The number of hydrogen-bond acceptors (Lipinski definition) is 5. The Bertz CT molecular complexity index is 1090. The van der Waals surface area contributed by atoms with Crippen molar-refractivity contribution in [2.75, 3.05) is 19.7 Å². The molecule has 1 heterocycles. The highest BCUT2D eigenvalue weighted by Crippen LogP contribution is 2.36. The first-order valence-electron chi connectivity index (χ1n) is 8.57. The molecular formula is C19H17Cl2FN2O4S. The fourth-order valence-corrected chi connectivity index (χ4v) is 5.71. The molecule has 2 N–H and O–H groups in total. The molecule has 2 aromatic carbocycles. The summed E-state index contributed by atoms with van der Waals surface area (Å²) in [7, 11) is -4.06. The molecule has 1 aliphatic heterocycles. The lowest BCUT2D eigenvalue weighted by atomic mass is 9.86. The second-order valence-electron chi connectivity index (χ2n) is 6.96. The fraction of sp³-hybridized carbons (Fsp3) is 0.316. The summed E-state index contributed by atoms with van der Waals surface area (Å²) in [4.78, 5) is -0.158. The Labute approximate surface area is 177 Å². The number of nitrogens with zero attached hydrogens (tertiary/aromatic N) is 2. The van der Waals surface area contributed by atoms with Crippen LogP contribution in [0, 0.1) is 23.1 Å². The fourth-order valence-electron chi connectivity index (χ4n) is 3.42. The van der Waals surface area contributed by atoms with E-state index in [2.05, 4.69) is 0 Å². The first kappa shape index (κ1) is 22.0. The van der Waals surface area contributed by atoms with E-state index < -0.39 is 34.0 Å². The van der Waals surface area contributed by atoms with Crippen molar-refractivity contribution < 1.29 is 23.0 Å². The topological polar surface area (TPSA) is 102 Å². The lowest BCUT2D eigenvalue weighted by Gasteiger charge is -2.26. The van der Waals surface area contributed by atoms with Crippen LogP contribution in [-0.4, -0.2) is 48.2 Å². The van der Waals surface area contributed by atoms with Gasteiger partial charge >= 0.3 is 0 Å². The Morgan fingerprint density at radius 1 is 1.28 bits per heavy atom. The van der Waals surface area contributed by atoms with E-state index in [9.17, 15) is 23.0 Å². The molecule has 2 aromatic rings. The van der Waals surface area contributed by atoms with Crippen molar-refractivity contribution >= 4 is 33.2 Å². The molecule has 0 aromatic heterocycles. The SMILES string of the molecule is N#Cc1ccc(C[C@H]2CN(S(=O)(=O)c3ccc(Cl)cc3Cl)C[C@@]2(O)CO)cc1F. The standard InChI is InChI=1S/C19H17Cl2FN2O4S/c20-15-3-4-18(16(21)7-15)29(27,28)24-9-14(19(26,10-24)11-25)5-12-1-2-13(8-23)17(22)6-12/h1-4,6-7,14,25-26H,5,9-11H2/t14-,19+/m0/s1. The second kappa shape index (κ2) is 8.19. The van der Waals surface area contributed by atoms with Gasteiger partial charge in [-0.05, 0) is 42.3 Å². The largest absolute Gasteiger partial charge is 0.393 e. The molecule has 29 heavy (non-hydrogen) atoms. The van der Waals surface area contributed by atoms with E-state index in [0.29, 0.717) is 5.56 Å². The molecule has 0 saturated carbocycles. The maximum absolute atomic E-state index is 13.9. The molecule has 154 valence electrons. The van der Waals surface area contributed by atoms with Crippen LogP contribution in [0.15, 0.2) is 41.3 Å². The van der Waals surface area contributed by atoms with Crippen LogP contribution in [0.2, 0.25) is 10.0 Å². The molecule has 1 fully saturated rings. The van der Waals surface area contributed by atoms with Gasteiger partial charge in [0, 0.05) is 24.0 Å². The van der Waals surface area contributed by atoms with Crippen molar-refractivity contribution in [3.05, 3.63) is 63.4 Å².